The molecule has 28 heavy (non-hydrogen) atoms. The van der Waals surface area contributed by atoms with Crippen molar-refractivity contribution in [3.05, 3.63) is 36.4 Å². The summed E-state index contributed by atoms with van der Waals surface area (Å²) in [6.45, 7) is 0.900. The third-order valence-electron chi connectivity index (χ3n) is 4.65. The van der Waals surface area contributed by atoms with Crippen molar-refractivity contribution in [3.8, 4) is 17.4 Å². The van der Waals surface area contributed by atoms with E-state index in [-0.39, 0.29) is 6.04 Å². The molecule has 4 heterocycles. The number of nitrogens with one attached hydrogen (secondary N) is 1. The molecule has 1 saturated heterocycles. The molecule has 10 heteroatoms. The Kier molecular flexibility index (Phi) is 4.68. The highest BCUT2D eigenvalue weighted by Crippen LogP contribution is 2.24. The first-order valence-electron chi connectivity index (χ1n) is 8.84. The first-order valence-corrected chi connectivity index (χ1v) is 8.84. The van der Waals surface area contributed by atoms with Crippen LogP contribution in [0, 0.1) is 5.82 Å². The lowest BCUT2D eigenvalue weighted by Crippen LogP contribution is -2.44. The molecule has 9 nitrogen and oxygen atoms in total. The zero-order chi connectivity index (χ0) is 19.7. The van der Waals surface area contributed by atoms with E-state index in [2.05, 4.69) is 20.3 Å². The number of imidazole rings is 1. The monoisotopic (exact) mass is 386 g/mol. The quantitative estimate of drug-likeness (QED) is 0.710. The highest BCUT2D eigenvalue weighted by Gasteiger charge is 2.24. The predicted octanol–water partition coefficient (Wildman–Crippen LogP) is 2.49. The van der Waals surface area contributed by atoms with Crippen molar-refractivity contribution in [3.63, 3.8) is 0 Å². The van der Waals surface area contributed by atoms with Crippen LogP contribution in [-0.4, -0.2) is 61.7 Å². The maximum Gasteiger partial charge on any atom is 0.407 e. The summed E-state index contributed by atoms with van der Waals surface area (Å²) in [5, 5.41) is 12.5. The minimum atomic E-state index is -0.930. The average Bonchev–Trinajstić information content (AvgIpc) is 3.11. The van der Waals surface area contributed by atoms with Crippen LogP contribution in [0.4, 0.5) is 15.0 Å². The van der Waals surface area contributed by atoms with E-state index < -0.39 is 11.9 Å². The number of carboxylic acid groups (broad SMARTS) is 1. The Hall–Kier alpha value is -3.43. The van der Waals surface area contributed by atoms with Gasteiger partial charge in [-0.05, 0) is 25.0 Å². The molecule has 146 valence electrons. The van der Waals surface area contributed by atoms with Crippen molar-refractivity contribution in [2.24, 2.45) is 0 Å². The number of hydrogen-bond donors (Lipinski definition) is 2. The first-order chi connectivity index (χ1) is 13.5. The number of amides is 1. The van der Waals surface area contributed by atoms with Gasteiger partial charge in [-0.25, -0.2) is 19.2 Å². The summed E-state index contributed by atoms with van der Waals surface area (Å²) < 4.78 is 20.5. The molecule has 4 rings (SSSR count). The van der Waals surface area contributed by atoms with Crippen molar-refractivity contribution in [1.82, 2.24) is 24.3 Å². The number of fused-ring (bicyclic) bond motifs is 1. The summed E-state index contributed by atoms with van der Waals surface area (Å²) in [6, 6.07) is 4.48. The van der Waals surface area contributed by atoms with Crippen LogP contribution in [0.1, 0.15) is 12.8 Å². The highest BCUT2D eigenvalue weighted by molar-refractivity contribution is 5.65. The summed E-state index contributed by atoms with van der Waals surface area (Å²) in [7, 11) is 1.50. The Morgan fingerprint density at radius 3 is 3.04 bits per heavy atom. The van der Waals surface area contributed by atoms with Gasteiger partial charge in [0.2, 0.25) is 5.88 Å². The second-order valence-corrected chi connectivity index (χ2v) is 6.55. The fourth-order valence-electron chi connectivity index (χ4n) is 3.32. The van der Waals surface area contributed by atoms with Gasteiger partial charge in [0, 0.05) is 31.4 Å². The van der Waals surface area contributed by atoms with E-state index in [9.17, 15) is 14.3 Å². The maximum absolute atomic E-state index is 13.7. The molecule has 1 fully saturated rings. The molecule has 3 aromatic heterocycles. The number of halogens is 1. The highest BCUT2D eigenvalue weighted by atomic mass is 19.1. The molecule has 0 spiro atoms. The third kappa shape index (κ3) is 3.53. The summed E-state index contributed by atoms with van der Waals surface area (Å²) in [6.07, 6.45) is 3.55. The van der Waals surface area contributed by atoms with Crippen molar-refractivity contribution in [1.29, 1.82) is 0 Å². The zero-order valence-electron chi connectivity index (χ0n) is 15.2. The third-order valence-corrected chi connectivity index (χ3v) is 4.65. The van der Waals surface area contributed by atoms with Gasteiger partial charge >= 0.3 is 6.09 Å². The summed E-state index contributed by atoms with van der Waals surface area (Å²) in [5.74, 6) is 0.769. The van der Waals surface area contributed by atoms with Gasteiger partial charge in [0.05, 0.1) is 13.3 Å². The molecule has 0 aliphatic carbocycles. The van der Waals surface area contributed by atoms with Crippen LogP contribution in [0.3, 0.4) is 0 Å². The Morgan fingerprint density at radius 1 is 1.39 bits per heavy atom. The maximum atomic E-state index is 13.7. The van der Waals surface area contributed by atoms with Crippen LogP contribution < -0.4 is 10.1 Å². The van der Waals surface area contributed by atoms with Crippen LogP contribution in [0.15, 0.2) is 30.6 Å². The van der Waals surface area contributed by atoms with Gasteiger partial charge < -0.3 is 20.1 Å². The fourth-order valence-corrected chi connectivity index (χ4v) is 3.32. The minimum absolute atomic E-state index is 0.0723. The van der Waals surface area contributed by atoms with Crippen molar-refractivity contribution in [2.75, 3.05) is 25.5 Å². The molecule has 0 radical (unpaired) electrons. The molecule has 1 atom stereocenters. The van der Waals surface area contributed by atoms with Gasteiger partial charge in [-0.3, -0.25) is 4.40 Å². The molecule has 2 N–H and O–H groups in total. The van der Waals surface area contributed by atoms with Gasteiger partial charge in [0.1, 0.15) is 23.0 Å². The van der Waals surface area contributed by atoms with Crippen molar-refractivity contribution in [2.45, 2.75) is 18.9 Å². The number of methoxy groups -OCH3 is 1. The Labute approximate surface area is 159 Å². The van der Waals surface area contributed by atoms with Crippen LogP contribution in [-0.2, 0) is 0 Å². The topological polar surface area (TPSA) is 105 Å². The first kappa shape index (κ1) is 18.0. The smallest absolute Gasteiger partial charge is 0.407 e. The Balaban J connectivity index is 1.66. The van der Waals surface area contributed by atoms with Gasteiger partial charge in [-0.2, -0.15) is 4.98 Å². The molecule has 0 aromatic carbocycles. The summed E-state index contributed by atoms with van der Waals surface area (Å²) in [5.41, 5.74) is 1.09. The van der Waals surface area contributed by atoms with Crippen LogP contribution in [0.2, 0.25) is 0 Å². The average molecular weight is 386 g/mol. The van der Waals surface area contributed by atoms with E-state index in [1.54, 1.807) is 22.7 Å². The molecule has 1 unspecified atom stereocenters. The normalized spacial score (nSPS) is 16.9. The summed E-state index contributed by atoms with van der Waals surface area (Å²) in [4.78, 5) is 25.7. The van der Waals surface area contributed by atoms with Gasteiger partial charge in [0.25, 0.3) is 0 Å². The Bertz CT molecular complexity index is 1020. The van der Waals surface area contributed by atoms with E-state index in [4.69, 9.17) is 4.74 Å². The molecule has 1 aliphatic heterocycles. The molecular weight excluding hydrogens is 367 g/mol. The lowest BCUT2D eigenvalue weighted by atomic mass is 10.1. The SMILES string of the molecule is COc1cc(NC2CCCN(C(=O)O)C2)nc(-c2cnc3ccc(F)cn23)n1. The van der Waals surface area contributed by atoms with Crippen molar-refractivity contribution >= 4 is 17.6 Å². The Morgan fingerprint density at radius 2 is 2.25 bits per heavy atom. The van der Waals surface area contributed by atoms with Gasteiger partial charge in [-0.1, -0.05) is 0 Å². The lowest BCUT2D eigenvalue weighted by Gasteiger charge is -2.31. The lowest BCUT2D eigenvalue weighted by molar-refractivity contribution is 0.132. The number of nitrogens with zero attached hydrogens (tertiary/aromatic N) is 5. The van der Waals surface area contributed by atoms with Crippen LogP contribution in [0.5, 0.6) is 5.88 Å². The zero-order valence-corrected chi connectivity index (χ0v) is 15.2. The number of anilines is 1. The van der Waals surface area contributed by atoms with Crippen LogP contribution >= 0.6 is 0 Å². The fraction of sp³-hybridized carbons (Fsp3) is 0.333. The van der Waals surface area contributed by atoms with E-state index in [1.807, 2.05) is 0 Å². The molecule has 1 amide bonds. The second-order valence-electron chi connectivity index (χ2n) is 6.55. The number of likely N-dealkylation sites (tertiary alicyclic amines) is 1. The van der Waals surface area contributed by atoms with Gasteiger partial charge in [-0.15, -0.1) is 0 Å². The number of ether oxygens (including phenoxy) is 1. The number of carbonyl (C=O) groups is 1. The number of aromatic nitrogens is 4. The molecular formula is C18H19FN6O3. The van der Waals surface area contributed by atoms with Gasteiger partial charge in [0.15, 0.2) is 5.82 Å². The summed E-state index contributed by atoms with van der Waals surface area (Å²) >= 11 is 0. The second kappa shape index (κ2) is 7.29. The number of piperidine rings is 1. The molecule has 0 bridgehead atoms. The molecule has 1 aliphatic rings. The largest absolute Gasteiger partial charge is 0.481 e. The van der Waals surface area contributed by atoms with Crippen LogP contribution in [0.25, 0.3) is 17.2 Å². The number of pyridine rings is 1. The minimum Gasteiger partial charge on any atom is -0.481 e. The van der Waals surface area contributed by atoms with E-state index >= 15 is 0 Å². The molecule has 3 aromatic rings. The molecule has 0 saturated carbocycles. The standard InChI is InChI=1S/C18H19FN6O3/c1-28-16-7-14(21-12-3-2-6-24(10-12)18(26)27)22-17(23-16)13-8-20-15-5-4-11(19)9-25(13)15/h4-5,7-9,12H,2-3,6,10H2,1H3,(H,26,27)(H,21,22,23). The number of rotatable bonds is 4. The van der Waals surface area contributed by atoms with Crippen molar-refractivity contribution < 1.29 is 19.0 Å². The number of hydrogen-bond acceptors (Lipinski definition) is 6. The van der Waals surface area contributed by atoms with E-state index in [0.717, 1.165) is 12.8 Å². The van der Waals surface area contributed by atoms with E-state index in [1.165, 1.54) is 24.3 Å². The van der Waals surface area contributed by atoms with E-state index in [0.29, 0.717) is 42.0 Å². The predicted molar refractivity (Wildman–Crippen MR) is 99.0 cm³/mol.